The van der Waals surface area contributed by atoms with Gasteiger partial charge >= 0.3 is 6.18 Å². The van der Waals surface area contributed by atoms with Gasteiger partial charge in [0.15, 0.2) is 0 Å². The molecule has 2 aromatic rings. The lowest BCUT2D eigenvalue weighted by Crippen LogP contribution is -2.49. The fraction of sp³-hybridized carbons (Fsp3) is 0.423. The Morgan fingerprint density at radius 3 is 2.24 bits per heavy atom. The zero-order chi connectivity index (χ0) is 23.5. The molecule has 2 aromatic carbocycles. The fourth-order valence-electron chi connectivity index (χ4n) is 4.33. The number of benzene rings is 2. The van der Waals surface area contributed by atoms with Crippen LogP contribution in [0.1, 0.15) is 52.7 Å². The van der Waals surface area contributed by atoms with E-state index in [1.165, 1.54) is 0 Å². The molecule has 0 aromatic heterocycles. The summed E-state index contributed by atoms with van der Waals surface area (Å²) in [6.07, 6.45) is -2.88. The summed E-state index contributed by atoms with van der Waals surface area (Å²) in [6, 6.07) is 12.8. The number of alkyl halides is 3. The van der Waals surface area contributed by atoms with Gasteiger partial charge in [0.2, 0.25) is 0 Å². The molecule has 0 N–H and O–H groups in total. The van der Waals surface area contributed by atoms with Crippen molar-refractivity contribution in [2.75, 3.05) is 32.9 Å². The summed E-state index contributed by atoms with van der Waals surface area (Å²) in [6.45, 7) is 4.16. The molecule has 7 heteroatoms. The van der Waals surface area contributed by atoms with Gasteiger partial charge in [0.1, 0.15) is 12.2 Å². The topological polar surface area (TPSA) is 38.8 Å². The molecule has 4 nitrogen and oxygen atoms in total. The maximum absolute atomic E-state index is 13.0. The van der Waals surface area contributed by atoms with E-state index in [2.05, 4.69) is 11.8 Å². The number of nitrogens with zero attached hydrogens (tertiary/aromatic N) is 1. The fourth-order valence-corrected chi connectivity index (χ4v) is 4.33. The predicted octanol–water partition coefficient (Wildman–Crippen LogP) is 4.99. The van der Waals surface area contributed by atoms with Crippen LogP contribution in [0, 0.1) is 11.8 Å². The van der Waals surface area contributed by atoms with Gasteiger partial charge in [0.05, 0.1) is 18.8 Å². The molecule has 2 aliphatic rings. The first-order chi connectivity index (χ1) is 15.8. The van der Waals surface area contributed by atoms with Crippen LogP contribution in [-0.2, 0) is 21.3 Å². The molecule has 2 heterocycles. The van der Waals surface area contributed by atoms with E-state index in [0.717, 1.165) is 36.1 Å². The highest BCUT2D eigenvalue weighted by molar-refractivity contribution is 5.94. The minimum absolute atomic E-state index is 0.0379. The van der Waals surface area contributed by atoms with Crippen LogP contribution in [0.3, 0.4) is 0 Å². The summed E-state index contributed by atoms with van der Waals surface area (Å²) in [5, 5.41) is 0. The average molecular weight is 457 g/mol. The molecular weight excluding hydrogens is 431 g/mol. The van der Waals surface area contributed by atoms with Gasteiger partial charge in [0.25, 0.3) is 5.91 Å². The van der Waals surface area contributed by atoms with E-state index in [4.69, 9.17) is 9.47 Å². The minimum Gasteiger partial charge on any atom is -0.375 e. The molecule has 0 bridgehead atoms. The normalized spacial score (nSPS) is 18.2. The molecule has 2 aliphatic heterocycles. The van der Waals surface area contributed by atoms with E-state index in [-0.39, 0.29) is 11.8 Å². The van der Waals surface area contributed by atoms with Crippen molar-refractivity contribution in [3.05, 3.63) is 70.8 Å². The molecule has 0 spiro atoms. The highest BCUT2D eigenvalue weighted by Gasteiger charge is 2.41. The van der Waals surface area contributed by atoms with Crippen molar-refractivity contribution in [3.8, 4) is 11.8 Å². The molecule has 1 amide bonds. The number of amides is 1. The van der Waals surface area contributed by atoms with Gasteiger partial charge in [-0.2, -0.15) is 13.2 Å². The van der Waals surface area contributed by atoms with Crippen molar-refractivity contribution in [1.29, 1.82) is 0 Å². The number of hydrogen-bond acceptors (Lipinski definition) is 3. The Morgan fingerprint density at radius 2 is 1.73 bits per heavy atom. The summed E-state index contributed by atoms with van der Waals surface area (Å²) in [4.78, 5) is 14.8. The highest BCUT2D eigenvalue weighted by atomic mass is 19.4. The van der Waals surface area contributed by atoms with E-state index < -0.39 is 17.3 Å². The Kier molecular flexibility index (Phi) is 6.78. The molecule has 4 rings (SSSR count). The van der Waals surface area contributed by atoms with Crippen molar-refractivity contribution in [3.63, 3.8) is 0 Å². The molecule has 0 aliphatic carbocycles. The van der Waals surface area contributed by atoms with Crippen LogP contribution >= 0.6 is 0 Å². The molecule has 0 atom stereocenters. The van der Waals surface area contributed by atoms with Crippen molar-refractivity contribution in [2.45, 2.75) is 37.5 Å². The smallest absolute Gasteiger partial charge is 0.375 e. The van der Waals surface area contributed by atoms with Gasteiger partial charge in [-0.1, -0.05) is 30.2 Å². The van der Waals surface area contributed by atoms with Crippen LogP contribution < -0.4 is 0 Å². The van der Waals surface area contributed by atoms with Crippen molar-refractivity contribution < 1.29 is 27.4 Å². The number of rotatable bonds is 5. The number of ether oxygens (including phenoxy) is 2. The molecule has 2 saturated heterocycles. The zero-order valence-electron chi connectivity index (χ0n) is 18.5. The maximum Gasteiger partial charge on any atom is 0.416 e. The third-order valence-electron chi connectivity index (χ3n) is 6.42. The van der Waals surface area contributed by atoms with Gasteiger partial charge in [0, 0.05) is 18.7 Å². The standard InChI is InChI=1S/C26H26F3NO3/c1-2-3-16-33-25(17-32-18-25)22-8-6-21(7-9-22)24(31)30-14-12-20(13-15-30)19-4-10-23(11-5-19)26(27,28)29/h4-11,20H,12-18H2,1H3. The SMILES string of the molecule is CC#CCOC1(c2ccc(C(=O)N3CCC(c4ccc(C(F)(F)F)cc4)CC3)cc2)COC1. The second-order valence-electron chi connectivity index (χ2n) is 8.47. The van der Waals surface area contributed by atoms with Crippen molar-refractivity contribution in [2.24, 2.45) is 0 Å². The zero-order valence-corrected chi connectivity index (χ0v) is 18.5. The number of likely N-dealkylation sites (tertiary alicyclic amines) is 1. The molecule has 0 radical (unpaired) electrons. The average Bonchev–Trinajstić information content (AvgIpc) is 2.80. The third-order valence-corrected chi connectivity index (χ3v) is 6.42. The van der Waals surface area contributed by atoms with Gasteiger partial charge in [-0.05, 0) is 61.1 Å². The van der Waals surface area contributed by atoms with Gasteiger partial charge in [-0.3, -0.25) is 4.79 Å². The van der Waals surface area contributed by atoms with Crippen LogP contribution in [-0.4, -0.2) is 43.7 Å². The number of carbonyl (C=O) groups excluding carboxylic acids is 1. The second-order valence-corrected chi connectivity index (χ2v) is 8.47. The summed E-state index contributed by atoms with van der Waals surface area (Å²) >= 11 is 0. The van der Waals surface area contributed by atoms with Crippen LogP contribution in [0.4, 0.5) is 13.2 Å². The van der Waals surface area contributed by atoms with Crippen LogP contribution in [0.2, 0.25) is 0 Å². The number of piperidine rings is 1. The van der Waals surface area contributed by atoms with E-state index in [0.29, 0.717) is 38.5 Å². The molecule has 33 heavy (non-hydrogen) atoms. The molecular formula is C26H26F3NO3. The summed E-state index contributed by atoms with van der Waals surface area (Å²) in [7, 11) is 0. The first-order valence-electron chi connectivity index (χ1n) is 11.0. The van der Waals surface area contributed by atoms with E-state index in [9.17, 15) is 18.0 Å². The van der Waals surface area contributed by atoms with E-state index in [1.807, 2.05) is 29.2 Å². The molecule has 0 unspecified atom stereocenters. The minimum atomic E-state index is -4.33. The second kappa shape index (κ2) is 9.58. The van der Waals surface area contributed by atoms with Crippen LogP contribution in [0.25, 0.3) is 0 Å². The Balaban J connectivity index is 1.35. The Morgan fingerprint density at radius 1 is 1.09 bits per heavy atom. The summed E-state index contributed by atoms with van der Waals surface area (Å²) in [5.74, 6) is 5.83. The summed E-state index contributed by atoms with van der Waals surface area (Å²) < 4.78 is 49.6. The number of carbonyl (C=O) groups is 1. The van der Waals surface area contributed by atoms with Crippen molar-refractivity contribution >= 4 is 5.91 Å². The van der Waals surface area contributed by atoms with Gasteiger partial charge in [-0.15, -0.1) is 5.92 Å². The van der Waals surface area contributed by atoms with E-state index >= 15 is 0 Å². The van der Waals surface area contributed by atoms with Crippen LogP contribution in [0.15, 0.2) is 48.5 Å². The Labute approximate surface area is 191 Å². The number of halogens is 3. The predicted molar refractivity (Wildman–Crippen MR) is 118 cm³/mol. The number of hydrogen-bond donors (Lipinski definition) is 0. The van der Waals surface area contributed by atoms with Gasteiger partial charge in [-0.25, -0.2) is 0 Å². The van der Waals surface area contributed by atoms with Crippen molar-refractivity contribution in [1.82, 2.24) is 4.90 Å². The van der Waals surface area contributed by atoms with Crippen LogP contribution in [0.5, 0.6) is 0 Å². The summed E-state index contributed by atoms with van der Waals surface area (Å²) in [5.41, 5.74) is 1.31. The molecule has 174 valence electrons. The maximum atomic E-state index is 13.0. The first-order valence-corrected chi connectivity index (χ1v) is 11.0. The molecule has 0 saturated carbocycles. The first kappa shape index (κ1) is 23.3. The monoisotopic (exact) mass is 457 g/mol. The third kappa shape index (κ3) is 5.07. The van der Waals surface area contributed by atoms with E-state index in [1.54, 1.807) is 19.1 Å². The lowest BCUT2D eigenvalue weighted by molar-refractivity contribution is -0.210. The highest BCUT2D eigenvalue weighted by Crippen LogP contribution is 2.35. The largest absolute Gasteiger partial charge is 0.416 e. The van der Waals surface area contributed by atoms with Gasteiger partial charge < -0.3 is 14.4 Å². The lowest BCUT2D eigenvalue weighted by atomic mass is 9.88. The Bertz CT molecular complexity index is 1020. The quantitative estimate of drug-likeness (QED) is 0.594. The molecule has 2 fully saturated rings. The Hall–Kier alpha value is -2.82. The lowest BCUT2D eigenvalue weighted by Gasteiger charge is -2.41.